The topological polar surface area (TPSA) is 67.9 Å². The molecule has 0 radical (unpaired) electrons. The number of nitrogens with zero attached hydrogens (tertiary/aromatic N) is 1. The maximum Gasteiger partial charge on any atom is 0.338 e. The van der Waals surface area contributed by atoms with Gasteiger partial charge in [-0.1, -0.05) is 12.1 Å². The molecule has 1 N–H and O–H groups in total. The van der Waals surface area contributed by atoms with Crippen molar-refractivity contribution in [3.8, 4) is 5.75 Å². The van der Waals surface area contributed by atoms with Crippen LogP contribution in [-0.4, -0.2) is 32.2 Å². The number of rotatable bonds is 5. The largest absolute Gasteiger partial charge is 0.497 e. The predicted molar refractivity (Wildman–Crippen MR) is 89.3 cm³/mol. The molecule has 24 heavy (non-hydrogen) atoms. The van der Waals surface area contributed by atoms with Crippen molar-refractivity contribution in [2.75, 3.05) is 25.1 Å². The number of ether oxygens (including phenoxy) is 2. The van der Waals surface area contributed by atoms with Crippen molar-refractivity contribution in [1.29, 1.82) is 0 Å². The van der Waals surface area contributed by atoms with Gasteiger partial charge in [-0.15, -0.1) is 0 Å². The van der Waals surface area contributed by atoms with E-state index in [9.17, 15) is 9.59 Å². The van der Waals surface area contributed by atoms with E-state index in [2.05, 4.69) is 5.32 Å². The SMILES string of the molecule is COc1cccc(COC(=O)c2ccc(N3CCNC3=O)cc2)c1. The van der Waals surface area contributed by atoms with Gasteiger partial charge in [0, 0.05) is 18.8 Å². The zero-order chi connectivity index (χ0) is 16.9. The van der Waals surface area contributed by atoms with Crippen molar-refractivity contribution in [3.63, 3.8) is 0 Å². The molecule has 2 aromatic carbocycles. The molecule has 0 saturated carbocycles. The molecule has 0 atom stereocenters. The van der Waals surface area contributed by atoms with Crippen molar-refractivity contribution in [3.05, 3.63) is 59.7 Å². The number of nitrogens with one attached hydrogen (secondary N) is 1. The minimum atomic E-state index is -0.407. The van der Waals surface area contributed by atoms with Crippen LogP contribution >= 0.6 is 0 Å². The summed E-state index contributed by atoms with van der Waals surface area (Å²) >= 11 is 0. The van der Waals surface area contributed by atoms with Gasteiger partial charge in [-0.25, -0.2) is 9.59 Å². The normalized spacial score (nSPS) is 13.5. The Morgan fingerprint density at radius 2 is 2.00 bits per heavy atom. The van der Waals surface area contributed by atoms with Gasteiger partial charge in [0.2, 0.25) is 0 Å². The van der Waals surface area contributed by atoms with E-state index in [1.54, 1.807) is 36.3 Å². The Balaban J connectivity index is 1.61. The average Bonchev–Trinajstić information content (AvgIpc) is 3.06. The molecule has 1 aliphatic rings. The number of urea groups is 1. The van der Waals surface area contributed by atoms with E-state index in [4.69, 9.17) is 9.47 Å². The summed E-state index contributed by atoms with van der Waals surface area (Å²) < 4.78 is 10.5. The van der Waals surface area contributed by atoms with Crippen LogP contribution in [0.5, 0.6) is 5.75 Å². The van der Waals surface area contributed by atoms with Crippen LogP contribution in [0.3, 0.4) is 0 Å². The van der Waals surface area contributed by atoms with Crippen LogP contribution in [0, 0.1) is 0 Å². The van der Waals surface area contributed by atoms with Gasteiger partial charge in [-0.3, -0.25) is 4.90 Å². The highest BCUT2D eigenvalue weighted by atomic mass is 16.5. The first-order chi connectivity index (χ1) is 11.7. The number of hydrogen-bond acceptors (Lipinski definition) is 4. The Labute approximate surface area is 140 Å². The molecule has 2 amide bonds. The van der Waals surface area contributed by atoms with Gasteiger partial charge in [0.1, 0.15) is 12.4 Å². The van der Waals surface area contributed by atoms with E-state index in [0.29, 0.717) is 18.7 Å². The number of methoxy groups -OCH3 is 1. The van der Waals surface area contributed by atoms with E-state index in [1.165, 1.54) is 0 Å². The highest BCUT2D eigenvalue weighted by molar-refractivity contribution is 5.95. The van der Waals surface area contributed by atoms with Crippen molar-refractivity contribution in [2.24, 2.45) is 0 Å². The summed E-state index contributed by atoms with van der Waals surface area (Å²) in [7, 11) is 1.59. The van der Waals surface area contributed by atoms with Crippen molar-refractivity contribution in [2.45, 2.75) is 6.61 Å². The molecular weight excluding hydrogens is 308 g/mol. The predicted octanol–water partition coefficient (Wildman–Crippen LogP) is 2.58. The number of carbonyl (C=O) groups is 2. The lowest BCUT2D eigenvalue weighted by atomic mass is 10.2. The van der Waals surface area contributed by atoms with Crippen LogP contribution in [0.25, 0.3) is 0 Å². The van der Waals surface area contributed by atoms with E-state index >= 15 is 0 Å². The molecule has 2 aromatic rings. The lowest BCUT2D eigenvalue weighted by molar-refractivity contribution is 0.0472. The number of esters is 1. The number of hydrogen-bond donors (Lipinski definition) is 1. The molecule has 3 rings (SSSR count). The van der Waals surface area contributed by atoms with Crippen LogP contribution in [0.4, 0.5) is 10.5 Å². The molecule has 1 saturated heterocycles. The Kier molecular flexibility index (Phi) is 4.65. The van der Waals surface area contributed by atoms with Gasteiger partial charge in [0.25, 0.3) is 0 Å². The standard InChI is InChI=1S/C18H18N2O4/c1-23-16-4-2-3-13(11-16)12-24-17(21)14-5-7-15(8-6-14)20-10-9-19-18(20)22/h2-8,11H,9-10,12H2,1H3,(H,19,22). The summed E-state index contributed by atoms with van der Waals surface area (Å²) in [6.45, 7) is 1.42. The lowest BCUT2D eigenvalue weighted by Gasteiger charge is -2.14. The lowest BCUT2D eigenvalue weighted by Crippen LogP contribution is -2.27. The van der Waals surface area contributed by atoms with Crippen molar-refractivity contribution >= 4 is 17.7 Å². The highest BCUT2D eigenvalue weighted by Gasteiger charge is 2.21. The maximum atomic E-state index is 12.1. The zero-order valence-corrected chi connectivity index (χ0v) is 13.3. The third-order valence-electron chi connectivity index (χ3n) is 3.78. The zero-order valence-electron chi connectivity index (χ0n) is 13.3. The Bertz CT molecular complexity index is 743. The molecule has 6 heteroatoms. The summed E-state index contributed by atoms with van der Waals surface area (Å²) in [5.41, 5.74) is 2.06. The van der Waals surface area contributed by atoms with Crippen LogP contribution < -0.4 is 15.0 Å². The average molecular weight is 326 g/mol. The second-order valence-electron chi connectivity index (χ2n) is 5.36. The quantitative estimate of drug-likeness (QED) is 0.858. The molecule has 124 valence electrons. The third kappa shape index (κ3) is 3.48. The van der Waals surface area contributed by atoms with Gasteiger partial charge in [-0.05, 0) is 42.0 Å². The third-order valence-corrected chi connectivity index (χ3v) is 3.78. The summed E-state index contributed by atoms with van der Waals surface area (Å²) in [4.78, 5) is 25.4. The van der Waals surface area contributed by atoms with E-state index < -0.39 is 5.97 Å². The first-order valence-electron chi connectivity index (χ1n) is 7.63. The molecule has 0 unspecified atom stereocenters. The fourth-order valence-corrected chi connectivity index (χ4v) is 2.49. The summed E-state index contributed by atoms with van der Waals surface area (Å²) in [5, 5.41) is 2.74. The fraction of sp³-hybridized carbons (Fsp3) is 0.222. The Hall–Kier alpha value is -3.02. The number of benzene rings is 2. The van der Waals surface area contributed by atoms with Crippen LogP contribution in [0.15, 0.2) is 48.5 Å². The number of carbonyl (C=O) groups excluding carboxylic acids is 2. The van der Waals surface area contributed by atoms with Gasteiger partial charge in [0.15, 0.2) is 0 Å². The molecule has 0 aromatic heterocycles. The van der Waals surface area contributed by atoms with Gasteiger partial charge in [0.05, 0.1) is 12.7 Å². The van der Waals surface area contributed by atoms with E-state index in [-0.39, 0.29) is 12.6 Å². The summed E-state index contributed by atoms with van der Waals surface area (Å²) in [5.74, 6) is 0.312. The highest BCUT2D eigenvalue weighted by Crippen LogP contribution is 2.18. The number of amides is 2. The first kappa shape index (κ1) is 15.9. The van der Waals surface area contributed by atoms with Gasteiger partial charge < -0.3 is 14.8 Å². The minimum Gasteiger partial charge on any atom is -0.497 e. The molecule has 6 nitrogen and oxygen atoms in total. The Morgan fingerprint density at radius 1 is 1.21 bits per heavy atom. The van der Waals surface area contributed by atoms with Crippen LogP contribution in [0.2, 0.25) is 0 Å². The Morgan fingerprint density at radius 3 is 2.67 bits per heavy atom. The first-order valence-corrected chi connectivity index (χ1v) is 7.63. The van der Waals surface area contributed by atoms with Gasteiger partial charge in [-0.2, -0.15) is 0 Å². The second kappa shape index (κ2) is 7.04. The van der Waals surface area contributed by atoms with Crippen molar-refractivity contribution in [1.82, 2.24) is 5.32 Å². The molecule has 0 spiro atoms. The maximum absolute atomic E-state index is 12.1. The van der Waals surface area contributed by atoms with Crippen molar-refractivity contribution < 1.29 is 19.1 Å². The number of anilines is 1. The molecule has 0 aliphatic carbocycles. The van der Waals surface area contributed by atoms with E-state index in [0.717, 1.165) is 17.0 Å². The van der Waals surface area contributed by atoms with Crippen LogP contribution in [0.1, 0.15) is 15.9 Å². The summed E-state index contributed by atoms with van der Waals surface area (Å²) in [6.07, 6.45) is 0. The molecule has 1 heterocycles. The molecule has 1 fully saturated rings. The smallest absolute Gasteiger partial charge is 0.338 e. The fourth-order valence-electron chi connectivity index (χ4n) is 2.49. The summed E-state index contributed by atoms with van der Waals surface area (Å²) in [6, 6.07) is 14.1. The molecule has 0 bridgehead atoms. The monoisotopic (exact) mass is 326 g/mol. The van der Waals surface area contributed by atoms with Crippen LogP contribution in [-0.2, 0) is 11.3 Å². The minimum absolute atomic E-state index is 0.122. The molecular formula is C18H18N2O4. The van der Waals surface area contributed by atoms with E-state index in [1.807, 2.05) is 24.3 Å². The molecule has 1 aliphatic heterocycles. The van der Waals surface area contributed by atoms with Gasteiger partial charge >= 0.3 is 12.0 Å². The second-order valence-corrected chi connectivity index (χ2v) is 5.36.